The van der Waals surface area contributed by atoms with Crippen LogP contribution in [0.5, 0.6) is 11.6 Å². The number of benzene rings is 1. The van der Waals surface area contributed by atoms with Gasteiger partial charge < -0.3 is 15.8 Å². The molecule has 0 bridgehead atoms. The zero-order valence-electron chi connectivity index (χ0n) is 11.6. The summed E-state index contributed by atoms with van der Waals surface area (Å²) in [6.07, 6.45) is 0. The second-order valence-corrected chi connectivity index (χ2v) is 4.26. The number of nitrogens with zero attached hydrogens (tertiary/aromatic N) is 2. The molecule has 6 nitrogen and oxygen atoms in total. The average Bonchev–Trinajstić information content (AvgIpc) is 2.42. The topological polar surface area (TPSA) is 90.1 Å². The third-order valence-corrected chi connectivity index (χ3v) is 2.81. The third-order valence-electron chi connectivity index (χ3n) is 2.81. The molecule has 104 valence electrons. The molecule has 0 aliphatic heterocycles. The molecule has 20 heavy (non-hydrogen) atoms. The summed E-state index contributed by atoms with van der Waals surface area (Å²) in [5, 5.41) is 2.98. The standard InChI is InChI=1S/C14H16N4O2/c1-8-13(16-3)17-9(2)18-14(8)20-11-7-5-4-6-10(11)12(15)19/h4-7H,1-3H3,(H2,15,19)(H,16,17,18). The third kappa shape index (κ3) is 2.69. The van der Waals surface area contributed by atoms with Gasteiger partial charge in [-0.2, -0.15) is 4.98 Å². The highest BCUT2D eigenvalue weighted by Gasteiger charge is 2.14. The van der Waals surface area contributed by atoms with Crippen LogP contribution < -0.4 is 15.8 Å². The summed E-state index contributed by atoms with van der Waals surface area (Å²) in [5.41, 5.74) is 6.40. The van der Waals surface area contributed by atoms with Crippen molar-refractivity contribution >= 4 is 11.7 Å². The van der Waals surface area contributed by atoms with Crippen molar-refractivity contribution in [2.24, 2.45) is 5.73 Å². The molecule has 3 N–H and O–H groups in total. The van der Waals surface area contributed by atoms with Crippen LogP contribution in [0.4, 0.5) is 5.82 Å². The van der Waals surface area contributed by atoms with Crippen molar-refractivity contribution in [3.8, 4) is 11.6 Å². The van der Waals surface area contributed by atoms with Crippen molar-refractivity contribution in [3.63, 3.8) is 0 Å². The first kappa shape index (κ1) is 13.8. The average molecular weight is 272 g/mol. The van der Waals surface area contributed by atoms with Gasteiger partial charge in [0.25, 0.3) is 5.91 Å². The number of hydrogen-bond acceptors (Lipinski definition) is 5. The van der Waals surface area contributed by atoms with Gasteiger partial charge in [0.2, 0.25) is 5.88 Å². The maximum absolute atomic E-state index is 11.4. The number of carbonyl (C=O) groups is 1. The quantitative estimate of drug-likeness (QED) is 0.888. The Labute approximate surface area is 117 Å². The van der Waals surface area contributed by atoms with E-state index in [0.717, 1.165) is 5.56 Å². The van der Waals surface area contributed by atoms with Crippen molar-refractivity contribution in [2.45, 2.75) is 13.8 Å². The van der Waals surface area contributed by atoms with Gasteiger partial charge in [-0.3, -0.25) is 4.79 Å². The molecule has 0 saturated carbocycles. The first-order valence-electron chi connectivity index (χ1n) is 6.12. The molecule has 2 aromatic rings. The molecule has 0 aliphatic rings. The number of aromatic nitrogens is 2. The fourth-order valence-corrected chi connectivity index (χ4v) is 1.81. The zero-order chi connectivity index (χ0) is 14.7. The lowest BCUT2D eigenvalue weighted by Crippen LogP contribution is -2.12. The van der Waals surface area contributed by atoms with Gasteiger partial charge in [-0.15, -0.1) is 0 Å². The molecule has 0 atom stereocenters. The summed E-state index contributed by atoms with van der Waals surface area (Å²) < 4.78 is 5.73. The SMILES string of the molecule is CNc1nc(C)nc(Oc2ccccc2C(N)=O)c1C. The van der Waals surface area contributed by atoms with Crippen molar-refractivity contribution in [3.05, 3.63) is 41.2 Å². The maximum Gasteiger partial charge on any atom is 0.252 e. The van der Waals surface area contributed by atoms with Crippen LogP contribution in [0, 0.1) is 13.8 Å². The van der Waals surface area contributed by atoms with E-state index >= 15 is 0 Å². The number of primary amides is 1. The first-order chi connectivity index (χ1) is 9.52. The van der Waals surface area contributed by atoms with Gasteiger partial charge in [0, 0.05) is 7.05 Å². The van der Waals surface area contributed by atoms with Crippen LogP contribution in [0.3, 0.4) is 0 Å². The van der Waals surface area contributed by atoms with Gasteiger partial charge in [-0.25, -0.2) is 4.98 Å². The van der Waals surface area contributed by atoms with Gasteiger partial charge in [-0.1, -0.05) is 12.1 Å². The molecule has 0 unspecified atom stereocenters. The summed E-state index contributed by atoms with van der Waals surface area (Å²) in [5.74, 6) is 1.49. The van der Waals surface area contributed by atoms with Crippen LogP contribution in [-0.2, 0) is 0 Å². The minimum atomic E-state index is -0.544. The van der Waals surface area contributed by atoms with Gasteiger partial charge in [0.15, 0.2) is 0 Å². The smallest absolute Gasteiger partial charge is 0.252 e. The first-order valence-corrected chi connectivity index (χ1v) is 6.12. The van der Waals surface area contributed by atoms with Crippen LogP contribution in [0.25, 0.3) is 0 Å². The molecule has 1 amide bonds. The fraction of sp³-hybridized carbons (Fsp3) is 0.214. The Kier molecular flexibility index (Phi) is 3.84. The second kappa shape index (κ2) is 5.56. The predicted molar refractivity (Wildman–Crippen MR) is 76.1 cm³/mol. The van der Waals surface area contributed by atoms with E-state index in [1.807, 2.05) is 6.92 Å². The maximum atomic E-state index is 11.4. The molecule has 2 rings (SSSR count). The van der Waals surface area contributed by atoms with E-state index in [1.165, 1.54) is 0 Å². The van der Waals surface area contributed by atoms with Crippen molar-refractivity contribution in [2.75, 3.05) is 12.4 Å². The molecule has 1 heterocycles. The highest BCUT2D eigenvalue weighted by atomic mass is 16.5. The highest BCUT2D eigenvalue weighted by Crippen LogP contribution is 2.28. The molecule has 0 radical (unpaired) electrons. The molecule has 0 aliphatic carbocycles. The van der Waals surface area contributed by atoms with Gasteiger partial charge >= 0.3 is 0 Å². The summed E-state index contributed by atoms with van der Waals surface area (Å²) in [6.45, 7) is 3.61. The number of nitrogens with two attached hydrogens (primary N) is 1. The van der Waals surface area contributed by atoms with Crippen LogP contribution in [0.2, 0.25) is 0 Å². The van der Waals surface area contributed by atoms with Crippen LogP contribution in [0.15, 0.2) is 24.3 Å². The molecule has 1 aromatic heterocycles. The second-order valence-electron chi connectivity index (χ2n) is 4.26. The number of aryl methyl sites for hydroxylation is 1. The van der Waals surface area contributed by atoms with Crippen LogP contribution >= 0.6 is 0 Å². The number of amides is 1. The summed E-state index contributed by atoms with van der Waals surface area (Å²) in [4.78, 5) is 19.9. The molecule has 0 saturated heterocycles. The van der Waals surface area contributed by atoms with Crippen molar-refractivity contribution < 1.29 is 9.53 Å². The predicted octanol–water partition coefficient (Wildman–Crippen LogP) is 2.03. The lowest BCUT2D eigenvalue weighted by Gasteiger charge is -2.13. The Hall–Kier alpha value is -2.63. The van der Waals surface area contributed by atoms with Gasteiger partial charge in [0.1, 0.15) is 17.4 Å². The Balaban J connectivity index is 2.45. The minimum Gasteiger partial charge on any atom is -0.438 e. The molecule has 1 aromatic carbocycles. The van der Waals surface area contributed by atoms with Crippen molar-refractivity contribution in [1.82, 2.24) is 9.97 Å². The summed E-state index contributed by atoms with van der Waals surface area (Å²) in [6, 6.07) is 6.78. The van der Waals surface area contributed by atoms with E-state index in [-0.39, 0.29) is 0 Å². The Morgan fingerprint density at radius 3 is 2.60 bits per heavy atom. The molecular formula is C14H16N4O2. The number of nitrogens with one attached hydrogen (secondary N) is 1. The molecule has 0 fully saturated rings. The van der Waals surface area contributed by atoms with E-state index in [0.29, 0.717) is 28.8 Å². The summed E-state index contributed by atoms with van der Waals surface area (Å²) >= 11 is 0. The van der Waals surface area contributed by atoms with Gasteiger partial charge in [-0.05, 0) is 26.0 Å². The number of para-hydroxylation sites is 1. The lowest BCUT2D eigenvalue weighted by molar-refractivity contribution is 0.0998. The number of rotatable bonds is 4. The fourth-order valence-electron chi connectivity index (χ4n) is 1.81. The van der Waals surface area contributed by atoms with Gasteiger partial charge in [0.05, 0.1) is 11.1 Å². The van der Waals surface area contributed by atoms with E-state index in [4.69, 9.17) is 10.5 Å². The monoisotopic (exact) mass is 272 g/mol. The molecule has 0 spiro atoms. The van der Waals surface area contributed by atoms with Crippen LogP contribution in [-0.4, -0.2) is 22.9 Å². The zero-order valence-corrected chi connectivity index (χ0v) is 11.6. The molecular weight excluding hydrogens is 256 g/mol. The number of carbonyl (C=O) groups excluding carboxylic acids is 1. The van der Waals surface area contributed by atoms with E-state index < -0.39 is 5.91 Å². The van der Waals surface area contributed by atoms with E-state index in [9.17, 15) is 4.79 Å². The van der Waals surface area contributed by atoms with Crippen molar-refractivity contribution in [1.29, 1.82) is 0 Å². The van der Waals surface area contributed by atoms with Crippen LogP contribution in [0.1, 0.15) is 21.7 Å². The number of anilines is 1. The largest absolute Gasteiger partial charge is 0.438 e. The number of ether oxygens (including phenoxy) is 1. The normalized spacial score (nSPS) is 10.2. The number of hydrogen-bond donors (Lipinski definition) is 2. The Morgan fingerprint density at radius 2 is 1.95 bits per heavy atom. The minimum absolute atomic E-state index is 0.314. The lowest BCUT2D eigenvalue weighted by atomic mass is 10.2. The Bertz CT molecular complexity index is 656. The summed E-state index contributed by atoms with van der Waals surface area (Å²) in [7, 11) is 1.77. The van der Waals surface area contributed by atoms with E-state index in [2.05, 4.69) is 15.3 Å². The highest BCUT2D eigenvalue weighted by molar-refractivity contribution is 5.95. The Morgan fingerprint density at radius 1 is 1.25 bits per heavy atom. The molecule has 6 heteroatoms. The van der Waals surface area contributed by atoms with E-state index in [1.54, 1.807) is 38.2 Å².